The first kappa shape index (κ1) is 15.8. The van der Waals surface area contributed by atoms with Gasteiger partial charge in [-0.1, -0.05) is 13.0 Å². The van der Waals surface area contributed by atoms with Crippen LogP contribution in [0.15, 0.2) is 24.3 Å². The molecule has 1 heterocycles. The van der Waals surface area contributed by atoms with E-state index in [1.807, 2.05) is 31.2 Å². The lowest BCUT2D eigenvalue weighted by Gasteiger charge is -2.33. The van der Waals surface area contributed by atoms with Crippen LogP contribution in [0.25, 0.3) is 0 Å². The Hall–Kier alpha value is -1.55. The van der Waals surface area contributed by atoms with Crippen LogP contribution in [-0.4, -0.2) is 30.7 Å². The van der Waals surface area contributed by atoms with Crippen molar-refractivity contribution in [1.82, 2.24) is 5.32 Å². The second kappa shape index (κ2) is 7.46. The monoisotopic (exact) mass is 290 g/mol. The first-order chi connectivity index (χ1) is 10.1. The number of ether oxygens (including phenoxy) is 1. The Kier molecular flexibility index (Phi) is 5.62. The average Bonchev–Trinajstić information content (AvgIpc) is 2.44. The fraction of sp³-hybridized carbons (Fsp3) is 0.588. The van der Waals surface area contributed by atoms with Crippen molar-refractivity contribution in [3.05, 3.63) is 29.8 Å². The van der Waals surface area contributed by atoms with E-state index in [1.54, 1.807) is 0 Å². The van der Waals surface area contributed by atoms with E-state index in [2.05, 4.69) is 24.5 Å². The molecule has 1 amide bonds. The Morgan fingerprint density at radius 1 is 1.29 bits per heavy atom. The van der Waals surface area contributed by atoms with Crippen molar-refractivity contribution in [2.24, 2.45) is 0 Å². The Morgan fingerprint density at radius 3 is 2.67 bits per heavy atom. The molecule has 1 aliphatic rings. The van der Waals surface area contributed by atoms with Crippen molar-refractivity contribution in [2.75, 3.05) is 11.9 Å². The van der Waals surface area contributed by atoms with E-state index in [0.29, 0.717) is 18.2 Å². The number of nitrogens with one attached hydrogen (secondary N) is 2. The largest absolute Gasteiger partial charge is 0.382 e. The molecule has 0 bridgehead atoms. The maximum absolute atomic E-state index is 12.0. The summed E-state index contributed by atoms with van der Waals surface area (Å²) in [4.78, 5) is 12.0. The van der Waals surface area contributed by atoms with E-state index in [4.69, 9.17) is 4.74 Å². The predicted molar refractivity (Wildman–Crippen MR) is 85.7 cm³/mol. The van der Waals surface area contributed by atoms with Crippen molar-refractivity contribution >= 4 is 11.6 Å². The number of hydrogen-bond donors (Lipinski definition) is 2. The van der Waals surface area contributed by atoms with Crippen LogP contribution >= 0.6 is 0 Å². The molecule has 1 aliphatic heterocycles. The molecule has 2 atom stereocenters. The lowest BCUT2D eigenvalue weighted by Crippen LogP contribution is -2.36. The van der Waals surface area contributed by atoms with Gasteiger partial charge >= 0.3 is 0 Å². The molecule has 1 saturated heterocycles. The van der Waals surface area contributed by atoms with Crippen molar-refractivity contribution in [3.63, 3.8) is 0 Å². The molecule has 0 saturated carbocycles. The summed E-state index contributed by atoms with van der Waals surface area (Å²) >= 11 is 0. The number of benzene rings is 1. The summed E-state index contributed by atoms with van der Waals surface area (Å²) in [6.07, 6.45) is 3.50. The zero-order chi connectivity index (χ0) is 15.2. The van der Waals surface area contributed by atoms with Crippen LogP contribution in [0.5, 0.6) is 0 Å². The van der Waals surface area contributed by atoms with Gasteiger partial charge in [0.25, 0.3) is 5.91 Å². The molecular weight excluding hydrogens is 264 g/mol. The van der Waals surface area contributed by atoms with E-state index in [1.165, 1.54) is 0 Å². The van der Waals surface area contributed by atoms with Gasteiger partial charge in [-0.15, -0.1) is 0 Å². The third-order valence-electron chi connectivity index (χ3n) is 3.73. The maximum atomic E-state index is 12.0. The number of rotatable bonds is 5. The summed E-state index contributed by atoms with van der Waals surface area (Å²) in [5.41, 5.74) is 1.71. The molecule has 2 N–H and O–H groups in total. The third kappa shape index (κ3) is 4.74. The Labute approximate surface area is 127 Å². The quantitative estimate of drug-likeness (QED) is 0.875. The van der Waals surface area contributed by atoms with Gasteiger partial charge in [0.1, 0.15) is 0 Å². The lowest BCUT2D eigenvalue weighted by atomic mass is 9.99. The number of amides is 1. The molecule has 2 unspecified atom stereocenters. The third-order valence-corrected chi connectivity index (χ3v) is 3.73. The highest BCUT2D eigenvalue weighted by Crippen LogP contribution is 2.23. The van der Waals surface area contributed by atoms with Crippen LogP contribution in [0.4, 0.5) is 5.69 Å². The second-order valence-electron chi connectivity index (χ2n) is 5.91. The van der Waals surface area contributed by atoms with Crippen LogP contribution in [0, 0.1) is 0 Å². The SMILES string of the molecule is CCCNC(=O)c1cccc(NC2CC(C)OC(C)C2)c1. The molecule has 4 nitrogen and oxygen atoms in total. The van der Waals surface area contributed by atoms with Gasteiger partial charge < -0.3 is 15.4 Å². The lowest BCUT2D eigenvalue weighted by molar-refractivity contribution is -0.0337. The molecule has 0 aliphatic carbocycles. The van der Waals surface area contributed by atoms with Gasteiger partial charge in [-0.3, -0.25) is 4.79 Å². The Balaban J connectivity index is 1.99. The van der Waals surface area contributed by atoms with E-state index in [-0.39, 0.29) is 18.1 Å². The first-order valence-electron chi connectivity index (χ1n) is 7.88. The summed E-state index contributed by atoms with van der Waals surface area (Å²) in [5.74, 6) is -0.00536. The van der Waals surface area contributed by atoms with Crippen molar-refractivity contribution in [3.8, 4) is 0 Å². The zero-order valence-corrected chi connectivity index (χ0v) is 13.2. The van der Waals surface area contributed by atoms with E-state index in [0.717, 1.165) is 24.9 Å². The van der Waals surface area contributed by atoms with Crippen LogP contribution in [0.3, 0.4) is 0 Å². The minimum Gasteiger partial charge on any atom is -0.382 e. The Morgan fingerprint density at radius 2 is 2.00 bits per heavy atom. The van der Waals surface area contributed by atoms with Gasteiger partial charge in [-0.2, -0.15) is 0 Å². The highest BCUT2D eigenvalue weighted by Gasteiger charge is 2.24. The fourth-order valence-electron chi connectivity index (χ4n) is 2.85. The predicted octanol–water partition coefficient (Wildman–Crippen LogP) is 3.19. The molecule has 2 rings (SSSR count). The highest BCUT2D eigenvalue weighted by molar-refractivity contribution is 5.95. The topological polar surface area (TPSA) is 50.4 Å². The minimum atomic E-state index is -0.00536. The molecular formula is C17H26N2O2. The number of hydrogen-bond acceptors (Lipinski definition) is 3. The molecule has 1 aromatic rings. The van der Waals surface area contributed by atoms with Gasteiger partial charge in [0.2, 0.25) is 0 Å². The van der Waals surface area contributed by atoms with Gasteiger partial charge in [-0.25, -0.2) is 0 Å². The summed E-state index contributed by atoms with van der Waals surface area (Å²) in [5, 5.41) is 6.44. The fourth-order valence-corrected chi connectivity index (χ4v) is 2.85. The van der Waals surface area contributed by atoms with Gasteiger partial charge in [0.15, 0.2) is 0 Å². The highest BCUT2D eigenvalue weighted by atomic mass is 16.5. The summed E-state index contributed by atoms with van der Waals surface area (Å²) in [6, 6.07) is 8.12. The minimum absolute atomic E-state index is 0.00536. The second-order valence-corrected chi connectivity index (χ2v) is 5.91. The number of carbonyl (C=O) groups is 1. The number of anilines is 1. The number of carbonyl (C=O) groups excluding carboxylic acids is 1. The normalized spacial score (nSPS) is 25.4. The smallest absolute Gasteiger partial charge is 0.251 e. The standard InChI is InChI=1S/C17H26N2O2/c1-4-8-18-17(20)14-6-5-7-15(11-14)19-16-9-12(2)21-13(3)10-16/h5-7,11-13,16,19H,4,8-10H2,1-3H3,(H,18,20). The van der Waals surface area contributed by atoms with E-state index in [9.17, 15) is 4.79 Å². The first-order valence-corrected chi connectivity index (χ1v) is 7.88. The maximum Gasteiger partial charge on any atom is 0.251 e. The molecule has 116 valence electrons. The molecule has 0 aromatic heterocycles. The molecule has 0 spiro atoms. The van der Waals surface area contributed by atoms with Crippen LogP contribution in [0.1, 0.15) is 50.4 Å². The zero-order valence-electron chi connectivity index (χ0n) is 13.2. The van der Waals surface area contributed by atoms with Crippen LogP contribution < -0.4 is 10.6 Å². The molecule has 1 fully saturated rings. The summed E-state index contributed by atoms with van der Waals surface area (Å²) in [6.45, 7) is 6.98. The van der Waals surface area contributed by atoms with Crippen molar-refractivity contribution in [2.45, 2.75) is 58.3 Å². The summed E-state index contributed by atoms with van der Waals surface area (Å²) in [7, 11) is 0. The molecule has 4 heteroatoms. The molecule has 0 radical (unpaired) electrons. The summed E-state index contributed by atoms with van der Waals surface area (Å²) < 4.78 is 5.76. The van der Waals surface area contributed by atoms with Gasteiger partial charge in [-0.05, 0) is 51.3 Å². The molecule has 1 aromatic carbocycles. The van der Waals surface area contributed by atoms with Crippen LogP contribution in [0.2, 0.25) is 0 Å². The van der Waals surface area contributed by atoms with E-state index >= 15 is 0 Å². The van der Waals surface area contributed by atoms with Gasteiger partial charge in [0, 0.05) is 23.8 Å². The Bertz CT molecular complexity index is 466. The van der Waals surface area contributed by atoms with E-state index < -0.39 is 0 Å². The average molecular weight is 290 g/mol. The van der Waals surface area contributed by atoms with Crippen molar-refractivity contribution in [1.29, 1.82) is 0 Å². The molecule has 21 heavy (non-hydrogen) atoms. The van der Waals surface area contributed by atoms with Gasteiger partial charge in [0.05, 0.1) is 12.2 Å². The van der Waals surface area contributed by atoms with Crippen LogP contribution in [-0.2, 0) is 4.74 Å². The van der Waals surface area contributed by atoms with Crippen molar-refractivity contribution < 1.29 is 9.53 Å².